The Hall–Kier alpha value is -0.710. The number of halogens is 2. The van der Waals surface area contributed by atoms with Crippen LogP contribution in [0.1, 0.15) is 12.8 Å². The molecule has 0 aromatic rings. The molecule has 0 aromatic carbocycles. The first kappa shape index (κ1) is 9.38. The highest BCUT2D eigenvalue weighted by Gasteiger charge is 2.31. The molecule has 0 aromatic heterocycles. The Labute approximate surface area is 69.0 Å². The molecule has 0 amide bonds. The molecule has 0 aliphatic carbocycles. The monoisotopic (exact) mass is 179 g/mol. The zero-order chi connectivity index (χ0) is 9.14. The molecule has 0 spiro atoms. The molecule has 70 valence electrons. The second kappa shape index (κ2) is 3.80. The van der Waals surface area contributed by atoms with Crippen LogP contribution in [0.3, 0.4) is 0 Å². The van der Waals surface area contributed by atoms with Crippen LogP contribution in [0.25, 0.3) is 0 Å². The summed E-state index contributed by atoms with van der Waals surface area (Å²) in [4.78, 5) is 11.8. The molecule has 3 nitrogen and oxygen atoms in total. The molecule has 1 fully saturated rings. The molecular weight excluding hydrogens is 168 g/mol. The number of aliphatic carboxylic acids is 1. The van der Waals surface area contributed by atoms with Crippen molar-refractivity contribution in [2.24, 2.45) is 0 Å². The van der Waals surface area contributed by atoms with Gasteiger partial charge in [-0.2, -0.15) is 0 Å². The zero-order valence-corrected chi connectivity index (χ0v) is 6.54. The summed E-state index contributed by atoms with van der Waals surface area (Å²) in [6.45, 7) is 0.0538. The van der Waals surface area contributed by atoms with E-state index in [4.69, 9.17) is 5.11 Å². The maximum atomic E-state index is 11.9. The number of rotatable bonds is 3. The van der Waals surface area contributed by atoms with Gasteiger partial charge in [0, 0.05) is 0 Å². The van der Waals surface area contributed by atoms with Gasteiger partial charge in [0.15, 0.2) is 0 Å². The van der Waals surface area contributed by atoms with Gasteiger partial charge in [-0.1, -0.05) is 0 Å². The predicted molar refractivity (Wildman–Crippen MR) is 38.2 cm³/mol. The lowest BCUT2D eigenvalue weighted by atomic mass is 10.2. The van der Waals surface area contributed by atoms with Crippen LogP contribution in [0.2, 0.25) is 0 Å². The Kier molecular flexibility index (Phi) is 2.97. The molecule has 0 radical (unpaired) electrons. The van der Waals surface area contributed by atoms with E-state index in [-0.39, 0.29) is 0 Å². The average molecular weight is 179 g/mol. The molecule has 1 N–H and O–H groups in total. The number of carbonyl (C=O) groups is 1. The summed E-state index contributed by atoms with van der Waals surface area (Å²) in [6, 6.07) is -0.695. The van der Waals surface area contributed by atoms with Crippen molar-refractivity contribution in [1.82, 2.24) is 4.90 Å². The normalized spacial score (nSPS) is 25.1. The Morgan fingerprint density at radius 1 is 1.67 bits per heavy atom. The minimum atomic E-state index is -2.44. The van der Waals surface area contributed by atoms with Crippen molar-refractivity contribution in [2.75, 3.05) is 13.1 Å². The molecule has 1 heterocycles. The Bertz CT molecular complexity index is 175. The quantitative estimate of drug-likeness (QED) is 0.696. The molecule has 5 heteroatoms. The van der Waals surface area contributed by atoms with Crippen LogP contribution in [0.4, 0.5) is 8.78 Å². The third-order valence-corrected chi connectivity index (χ3v) is 2.02. The third-order valence-electron chi connectivity index (χ3n) is 2.02. The van der Waals surface area contributed by atoms with Crippen molar-refractivity contribution in [2.45, 2.75) is 25.3 Å². The lowest BCUT2D eigenvalue weighted by Gasteiger charge is -2.19. The van der Waals surface area contributed by atoms with Gasteiger partial charge in [-0.3, -0.25) is 9.69 Å². The molecular formula is C7H11F2NO2. The Morgan fingerprint density at radius 3 is 2.83 bits per heavy atom. The smallest absolute Gasteiger partial charge is 0.320 e. The van der Waals surface area contributed by atoms with Gasteiger partial charge in [0.1, 0.15) is 6.04 Å². The van der Waals surface area contributed by atoms with Crippen LogP contribution in [0.5, 0.6) is 0 Å². The van der Waals surface area contributed by atoms with E-state index < -0.39 is 25.0 Å². The molecule has 1 atom stereocenters. The number of hydrogen-bond donors (Lipinski definition) is 1. The Balaban J connectivity index is 2.46. The van der Waals surface area contributed by atoms with Crippen molar-refractivity contribution >= 4 is 5.97 Å². The van der Waals surface area contributed by atoms with Crippen LogP contribution in [-0.2, 0) is 4.79 Å². The van der Waals surface area contributed by atoms with Crippen LogP contribution >= 0.6 is 0 Å². The van der Waals surface area contributed by atoms with Crippen LogP contribution in [0.15, 0.2) is 0 Å². The van der Waals surface area contributed by atoms with Gasteiger partial charge in [-0.05, 0) is 19.4 Å². The summed E-state index contributed by atoms with van der Waals surface area (Å²) in [7, 11) is 0. The highest BCUT2D eigenvalue weighted by atomic mass is 19.3. The van der Waals surface area contributed by atoms with Gasteiger partial charge in [0.05, 0.1) is 6.54 Å². The van der Waals surface area contributed by atoms with Gasteiger partial charge in [0.2, 0.25) is 0 Å². The highest BCUT2D eigenvalue weighted by molar-refractivity contribution is 5.73. The number of hydrogen-bond acceptors (Lipinski definition) is 2. The summed E-state index contributed by atoms with van der Waals surface area (Å²) < 4.78 is 23.8. The first-order chi connectivity index (χ1) is 5.61. The number of carboxylic acid groups (broad SMARTS) is 1. The summed E-state index contributed by atoms with van der Waals surface area (Å²) in [6.07, 6.45) is -1.25. The first-order valence-corrected chi connectivity index (χ1v) is 3.86. The fourth-order valence-electron chi connectivity index (χ4n) is 1.50. The van der Waals surface area contributed by atoms with E-state index in [1.165, 1.54) is 4.90 Å². The second-order valence-corrected chi connectivity index (χ2v) is 2.88. The van der Waals surface area contributed by atoms with Gasteiger partial charge < -0.3 is 5.11 Å². The molecule has 1 aliphatic rings. The van der Waals surface area contributed by atoms with Gasteiger partial charge in [-0.25, -0.2) is 8.78 Å². The van der Waals surface area contributed by atoms with E-state index in [0.29, 0.717) is 19.4 Å². The van der Waals surface area contributed by atoms with Gasteiger partial charge in [-0.15, -0.1) is 0 Å². The maximum Gasteiger partial charge on any atom is 0.320 e. The molecule has 1 unspecified atom stereocenters. The van der Waals surface area contributed by atoms with Crippen LogP contribution < -0.4 is 0 Å². The highest BCUT2D eigenvalue weighted by Crippen LogP contribution is 2.18. The predicted octanol–water partition coefficient (Wildman–Crippen LogP) is 0.800. The van der Waals surface area contributed by atoms with E-state index in [2.05, 4.69) is 0 Å². The zero-order valence-electron chi connectivity index (χ0n) is 6.54. The molecule has 1 saturated heterocycles. The summed E-state index contributed by atoms with van der Waals surface area (Å²) >= 11 is 0. The molecule has 1 aliphatic heterocycles. The summed E-state index contributed by atoms with van der Waals surface area (Å²) in [5.74, 6) is -0.992. The lowest BCUT2D eigenvalue weighted by molar-refractivity contribution is -0.142. The second-order valence-electron chi connectivity index (χ2n) is 2.88. The number of nitrogens with zero attached hydrogens (tertiary/aromatic N) is 1. The Morgan fingerprint density at radius 2 is 2.33 bits per heavy atom. The topological polar surface area (TPSA) is 40.5 Å². The fourth-order valence-corrected chi connectivity index (χ4v) is 1.50. The van der Waals surface area contributed by atoms with E-state index in [9.17, 15) is 13.6 Å². The lowest BCUT2D eigenvalue weighted by Crippen LogP contribution is -2.38. The number of carboxylic acids is 1. The molecule has 0 saturated carbocycles. The number of alkyl halides is 2. The van der Waals surface area contributed by atoms with E-state index in [0.717, 1.165) is 0 Å². The fraction of sp³-hybridized carbons (Fsp3) is 0.857. The number of likely N-dealkylation sites (tertiary alicyclic amines) is 1. The SMILES string of the molecule is O=C(O)C1CCCN1CC(F)F. The average Bonchev–Trinajstić information content (AvgIpc) is 2.33. The van der Waals surface area contributed by atoms with Crippen molar-refractivity contribution in [3.8, 4) is 0 Å². The molecule has 12 heavy (non-hydrogen) atoms. The first-order valence-electron chi connectivity index (χ1n) is 3.86. The van der Waals surface area contributed by atoms with E-state index in [1.54, 1.807) is 0 Å². The minimum absolute atomic E-state index is 0.420. The van der Waals surface area contributed by atoms with E-state index >= 15 is 0 Å². The standard InChI is InChI=1S/C7H11F2NO2/c8-6(9)4-10-3-1-2-5(10)7(11)12/h5-6H,1-4H2,(H,11,12). The van der Waals surface area contributed by atoms with Crippen molar-refractivity contribution < 1.29 is 18.7 Å². The van der Waals surface area contributed by atoms with Crippen LogP contribution in [0, 0.1) is 0 Å². The van der Waals surface area contributed by atoms with Crippen LogP contribution in [-0.4, -0.2) is 41.5 Å². The summed E-state index contributed by atoms with van der Waals surface area (Å²) in [5, 5.41) is 8.61. The van der Waals surface area contributed by atoms with Gasteiger partial charge >= 0.3 is 5.97 Å². The van der Waals surface area contributed by atoms with Crippen molar-refractivity contribution in [3.63, 3.8) is 0 Å². The molecule has 0 bridgehead atoms. The summed E-state index contributed by atoms with van der Waals surface area (Å²) in [5.41, 5.74) is 0. The maximum absolute atomic E-state index is 11.9. The molecule has 1 rings (SSSR count). The van der Waals surface area contributed by atoms with Crippen molar-refractivity contribution in [1.29, 1.82) is 0 Å². The van der Waals surface area contributed by atoms with Crippen molar-refractivity contribution in [3.05, 3.63) is 0 Å². The van der Waals surface area contributed by atoms with Gasteiger partial charge in [0.25, 0.3) is 6.43 Å². The van der Waals surface area contributed by atoms with E-state index in [1.807, 2.05) is 0 Å². The third kappa shape index (κ3) is 2.14. The largest absolute Gasteiger partial charge is 0.480 e. The minimum Gasteiger partial charge on any atom is -0.480 e.